The Bertz CT molecular complexity index is 572. The van der Waals surface area contributed by atoms with Gasteiger partial charge in [0.2, 0.25) is 10.0 Å². The number of benzene rings is 1. The third-order valence-electron chi connectivity index (χ3n) is 4.04. The van der Waals surface area contributed by atoms with Crippen molar-refractivity contribution in [2.75, 3.05) is 45.6 Å². The van der Waals surface area contributed by atoms with Gasteiger partial charge >= 0.3 is 0 Å². The van der Waals surface area contributed by atoms with E-state index < -0.39 is 10.0 Å². The van der Waals surface area contributed by atoms with Crippen LogP contribution in [0.25, 0.3) is 0 Å². The minimum atomic E-state index is -3.41. The molecule has 1 unspecified atom stereocenters. The molecule has 0 saturated carbocycles. The summed E-state index contributed by atoms with van der Waals surface area (Å²) >= 11 is 0. The van der Waals surface area contributed by atoms with Crippen LogP contribution in [0, 0.1) is 5.92 Å². The van der Waals surface area contributed by atoms with Crippen LogP contribution in [0.1, 0.15) is 13.3 Å². The van der Waals surface area contributed by atoms with E-state index in [4.69, 9.17) is 0 Å². The van der Waals surface area contributed by atoms with E-state index >= 15 is 0 Å². The molecule has 0 bridgehead atoms. The second kappa shape index (κ2) is 6.77. The lowest BCUT2D eigenvalue weighted by Crippen LogP contribution is -2.25. The number of nitrogens with zero attached hydrogens (tertiary/aromatic N) is 2. The fraction of sp³-hybridized carbons (Fsp3) is 0.600. The number of anilines is 1. The molecule has 1 aromatic rings. The van der Waals surface area contributed by atoms with Crippen molar-refractivity contribution in [1.82, 2.24) is 9.21 Å². The summed E-state index contributed by atoms with van der Waals surface area (Å²) in [6.07, 6.45) is 1.17. The third-order valence-corrected chi connectivity index (χ3v) is 5.92. The average molecular weight is 311 g/mol. The summed E-state index contributed by atoms with van der Waals surface area (Å²) in [4.78, 5) is 2.77. The average Bonchev–Trinajstić information content (AvgIpc) is 2.93. The third kappa shape index (κ3) is 3.75. The molecule has 0 aromatic heterocycles. The van der Waals surface area contributed by atoms with Gasteiger partial charge in [-0.2, -0.15) is 0 Å². The van der Waals surface area contributed by atoms with E-state index in [0.717, 1.165) is 26.2 Å². The fourth-order valence-corrected chi connectivity index (χ4v) is 3.72. The Morgan fingerprint density at radius 3 is 2.67 bits per heavy atom. The number of hydrogen-bond donors (Lipinski definition) is 1. The molecule has 1 N–H and O–H groups in total. The zero-order valence-electron chi connectivity index (χ0n) is 13.0. The summed E-state index contributed by atoms with van der Waals surface area (Å²) in [7, 11) is -0.293. The van der Waals surface area contributed by atoms with Gasteiger partial charge in [0.05, 0.1) is 5.69 Å². The molecule has 1 fully saturated rings. The van der Waals surface area contributed by atoms with Crippen LogP contribution < -0.4 is 5.32 Å². The molecular formula is C15H25N3O2S. The Kier molecular flexibility index (Phi) is 5.24. The summed E-state index contributed by atoms with van der Waals surface area (Å²) in [5.41, 5.74) is 0.696. The predicted molar refractivity (Wildman–Crippen MR) is 86.0 cm³/mol. The number of likely N-dealkylation sites (tertiary alicyclic amines) is 1. The van der Waals surface area contributed by atoms with Crippen LogP contribution in [0.5, 0.6) is 0 Å². The van der Waals surface area contributed by atoms with Gasteiger partial charge in [-0.1, -0.05) is 19.1 Å². The second-order valence-electron chi connectivity index (χ2n) is 5.71. The molecule has 1 aromatic carbocycles. The molecule has 2 rings (SSSR count). The molecule has 5 nitrogen and oxygen atoms in total. The number of sulfonamides is 1. The van der Waals surface area contributed by atoms with E-state index in [0.29, 0.717) is 16.5 Å². The quantitative estimate of drug-likeness (QED) is 0.869. The van der Waals surface area contributed by atoms with Crippen LogP contribution in [-0.2, 0) is 10.0 Å². The van der Waals surface area contributed by atoms with Gasteiger partial charge in [0, 0.05) is 27.2 Å². The Balaban J connectivity index is 2.08. The molecule has 6 heteroatoms. The summed E-state index contributed by atoms with van der Waals surface area (Å²) in [6.45, 7) is 6.31. The molecule has 1 aliphatic rings. The van der Waals surface area contributed by atoms with Crippen molar-refractivity contribution < 1.29 is 8.42 Å². The Morgan fingerprint density at radius 1 is 1.33 bits per heavy atom. The van der Waals surface area contributed by atoms with Gasteiger partial charge in [-0.15, -0.1) is 0 Å². The van der Waals surface area contributed by atoms with E-state index in [1.807, 2.05) is 12.1 Å². The summed E-state index contributed by atoms with van der Waals surface area (Å²) < 4.78 is 25.9. The lowest BCUT2D eigenvalue weighted by Gasteiger charge is -2.18. The van der Waals surface area contributed by atoms with Crippen LogP contribution in [-0.4, -0.2) is 57.9 Å². The molecule has 0 amide bonds. The smallest absolute Gasteiger partial charge is 0.244 e. The van der Waals surface area contributed by atoms with Crippen molar-refractivity contribution in [3.63, 3.8) is 0 Å². The zero-order valence-corrected chi connectivity index (χ0v) is 13.9. The van der Waals surface area contributed by atoms with Crippen LogP contribution in [0.3, 0.4) is 0 Å². The number of rotatable bonds is 6. The van der Waals surface area contributed by atoms with Crippen molar-refractivity contribution in [2.24, 2.45) is 5.92 Å². The molecular weight excluding hydrogens is 286 g/mol. The molecule has 21 heavy (non-hydrogen) atoms. The molecule has 1 aliphatic heterocycles. The first-order chi connectivity index (χ1) is 9.95. The summed E-state index contributed by atoms with van der Waals surface area (Å²) in [5.74, 6) is 0.583. The van der Waals surface area contributed by atoms with Gasteiger partial charge in [0.1, 0.15) is 4.90 Å². The largest absolute Gasteiger partial charge is 0.384 e. The van der Waals surface area contributed by atoms with Gasteiger partial charge in [-0.25, -0.2) is 12.7 Å². The highest BCUT2D eigenvalue weighted by Gasteiger charge is 2.23. The lowest BCUT2D eigenvalue weighted by atomic mass is 10.1. The van der Waals surface area contributed by atoms with Gasteiger partial charge < -0.3 is 10.2 Å². The van der Waals surface area contributed by atoms with Gasteiger partial charge in [0.25, 0.3) is 0 Å². The van der Waals surface area contributed by atoms with Crippen LogP contribution in [0.4, 0.5) is 5.69 Å². The number of para-hydroxylation sites is 1. The normalized spacial score (nSPS) is 20.1. The zero-order chi connectivity index (χ0) is 15.5. The maximum Gasteiger partial charge on any atom is 0.244 e. The highest BCUT2D eigenvalue weighted by Crippen LogP contribution is 2.24. The van der Waals surface area contributed by atoms with Crippen molar-refractivity contribution in [3.8, 4) is 0 Å². The molecule has 1 atom stereocenters. The molecule has 1 saturated heterocycles. The van der Waals surface area contributed by atoms with E-state index in [1.54, 1.807) is 26.2 Å². The van der Waals surface area contributed by atoms with Crippen LogP contribution in [0.15, 0.2) is 29.2 Å². The topological polar surface area (TPSA) is 52.7 Å². The second-order valence-corrected chi connectivity index (χ2v) is 7.83. The molecule has 118 valence electrons. The van der Waals surface area contributed by atoms with Crippen LogP contribution in [0.2, 0.25) is 0 Å². The number of nitrogens with one attached hydrogen (secondary N) is 1. The molecule has 1 heterocycles. The Hall–Kier alpha value is -1.11. The lowest BCUT2D eigenvalue weighted by molar-refractivity contribution is 0.345. The predicted octanol–water partition coefficient (Wildman–Crippen LogP) is 1.69. The van der Waals surface area contributed by atoms with E-state index in [-0.39, 0.29) is 0 Å². The van der Waals surface area contributed by atoms with Gasteiger partial charge in [-0.3, -0.25) is 0 Å². The molecule has 0 aliphatic carbocycles. The van der Waals surface area contributed by atoms with Crippen molar-refractivity contribution in [2.45, 2.75) is 18.2 Å². The SMILES string of the molecule is CCN1CCC(CNc2ccccc2S(=O)(=O)N(C)C)C1. The number of hydrogen-bond acceptors (Lipinski definition) is 4. The van der Waals surface area contributed by atoms with E-state index in [9.17, 15) is 8.42 Å². The highest BCUT2D eigenvalue weighted by atomic mass is 32.2. The standard InChI is InChI=1S/C15H25N3O2S/c1-4-18-10-9-13(12-18)11-16-14-7-5-6-8-15(14)21(19,20)17(2)3/h5-8,13,16H,4,9-12H2,1-3H3. The first kappa shape index (κ1) is 16.3. The first-order valence-electron chi connectivity index (χ1n) is 7.43. The van der Waals surface area contributed by atoms with Gasteiger partial charge in [-0.05, 0) is 37.6 Å². The van der Waals surface area contributed by atoms with Crippen molar-refractivity contribution in [1.29, 1.82) is 0 Å². The minimum Gasteiger partial charge on any atom is -0.384 e. The summed E-state index contributed by atoms with van der Waals surface area (Å²) in [6, 6.07) is 7.12. The monoisotopic (exact) mass is 311 g/mol. The maximum absolute atomic E-state index is 12.3. The van der Waals surface area contributed by atoms with Crippen LogP contribution >= 0.6 is 0 Å². The first-order valence-corrected chi connectivity index (χ1v) is 8.87. The van der Waals surface area contributed by atoms with E-state index in [2.05, 4.69) is 17.1 Å². The Labute approximate surface area is 128 Å². The fourth-order valence-electron chi connectivity index (χ4n) is 2.66. The summed E-state index contributed by atoms with van der Waals surface area (Å²) in [5, 5.41) is 3.33. The van der Waals surface area contributed by atoms with Crippen molar-refractivity contribution >= 4 is 15.7 Å². The maximum atomic E-state index is 12.3. The minimum absolute atomic E-state index is 0.348. The molecule has 0 spiro atoms. The Morgan fingerprint density at radius 2 is 2.05 bits per heavy atom. The van der Waals surface area contributed by atoms with Gasteiger partial charge in [0.15, 0.2) is 0 Å². The highest BCUT2D eigenvalue weighted by molar-refractivity contribution is 7.89. The molecule has 0 radical (unpaired) electrons. The van der Waals surface area contributed by atoms with E-state index in [1.165, 1.54) is 10.7 Å². The van der Waals surface area contributed by atoms with Crippen molar-refractivity contribution in [3.05, 3.63) is 24.3 Å².